The topological polar surface area (TPSA) is 95.1 Å². The molecule has 0 aliphatic rings. The number of aryl methyl sites for hydroxylation is 1. The van der Waals surface area contributed by atoms with E-state index in [1.807, 2.05) is 50.2 Å². The van der Waals surface area contributed by atoms with Crippen molar-refractivity contribution in [3.63, 3.8) is 0 Å². The molecule has 0 aliphatic heterocycles. The molecule has 0 unspecified atom stereocenters. The third-order valence-corrected chi connectivity index (χ3v) is 5.38. The Morgan fingerprint density at radius 1 is 1.09 bits per heavy atom. The number of ether oxygens (including phenoxy) is 2. The molecule has 0 saturated heterocycles. The van der Waals surface area contributed by atoms with E-state index in [4.69, 9.17) is 9.47 Å². The van der Waals surface area contributed by atoms with Crippen LogP contribution in [-0.2, 0) is 11.4 Å². The van der Waals surface area contributed by atoms with Gasteiger partial charge in [0.2, 0.25) is 0 Å². The molecule has 3 rings (SSSR count). The summed E-state index contributed by atoms with van der Waals surface area (Å²) < 4.78 is 12.3. The highest BCUT2D eigenvalue weighted by molar-refractivity contribution is 9.10. The minimum atomic E-state index is -0.504. The zero-order valence-electron chi connectivity index (χ0n) is 18.8. The Morgan fingerprint density at radius 2 is 1.88 bits per heavy atom. The van der Waals surface area contributed by atoms with E-state index in [0.717, 1.165) is 11.1 Å². The first kappa shape index (κ1) is 24.6. The third kappa shape index (κ3) is 6.25. The summed E-state index contributed by atoms with van der Waals surface area (Å²) >= 11 is 3.51. The zero-order chi connectivity index (χ0) is 24.5. The number of amides is 1. The maximum Gasteiger partial charge on any atom is 0.266 e. The van der Waals surface area contributed by atoms with Crippen LogP contribution in [0.2, 0.25) is 0 Å². The molecule has 3 aromatic rings. The molecule has 0 saturated carbocycles. The van der Waals surface area contributed by atoms with Gasteiger partial charge in [0.1, 0.15) is 18.2 Å². The Morgan fingerprint density at radius 3 is 2.59 bits per heavy atom. The van der Waals surface area contributed by atoms with Gasteiger partial charge in [-0.25, -0.2) is 0 Å². The van der Waals surface area contributed by atoms with Crippen LogP contribution in [-0.4, -0.2) is 12.5 Å². The van der Waals surface area contributed by atoms with Crippen molar-refractivity contribution in [3.05, 3.63) is 93.0 Å². The van der Waals surface area contributed by atoms with Gasteiger partial charge in [-0.15, -0.1) is 0 Å². The fourth-order valence-corrected chi connectivity index (χ4v) is 3.79. The summed E-state index contributed by atoms with van der Waals surface area (Å²) in [7, 11) is 0. The van der Waals surface area contributed by atoms with E-state index in [1.54, 1.807) is 30.3 Å². The molecule has 0 aromatic heterocycles. The largest absolute Gasteiger partial charge is 0.490 e. The van der Waals surface area contributed by atoms with E-state index < -0.39 is 5.91 Å². The SMILES string of the molecule is CCOc1cc(/C=C(\C#N)C(=O)Nc2cccc(C)c2)cc(Br)c1OCc1ccccc1C#N. The molecule has 34 heavy (non-hydrogen) atoms. The standard InChI is InChI=1S/C27H22BrN3O3/c1-3-33-25-14-19(12-22(16-30)27(32)31-23-10-6-7-18(2)11-23)13-24(28)26(25)34-17-21-9-5-4-8-20(21)15-29/h4-14H,3,17H2,1-2H3,(H,31,32)/b22-12+. The Hall–Kier alpha value is -4.07. The van der Waals surface area contributed by atoms with Crippen molar-refractivity contribution in [2.75, 3.05) is 11.9 Å². The van der Waals surface area contributed by atoms with Crippen LogP contribution in [0.25, 0.3) is 6.08 Å². The average Bonchev–Trinajstić information content (AvgIpc) is 2.82. The molecule has 0 atom stereocenters. The van der Waals surface area contributed by atoms with E-state index in [2.05, 4.69) is 27.3 Å². The lowest BCUT2D eigenvalue weighted by Crippen LogP contribution is -2.13. The van der Waals surface area contributed by atoms with E-state index in [-0.39, 0.29) is 12.2 Å². The second-order valence-corrected chi connectivity index (χ2v) is 8.17. The number of carbonyl (C=O) groups is 1. The van der Waals surface area contributed by atoms with Gasteiger partial charge in [0.25, 0.3) is 5.91 Å². The van der Waals surface area contributed by atoms with Crippen LogP contribution in [0, 0.1) is 29.6 Å². The minimum absolute atomic E-state index is 0.0486. The number of nitriles is 2. The number of hydrogen-bond donors (Lipinski definition) is 1. The van der Waals surface area contributed by atoms with Gasteiger partial charge in [0.05, 0.1) is 22.7 Å². The fraction of sp³-hybridized carbons (Fsp3) is 0.148. The molecule has 6 nitrogen and oxygen atoms in total. The van der Waals surface area contributed by atoms with E-state index in [1.165, 1.54) is 6.08 Å². The van der Waals surface area contributed by atoms with Crippen molar-refractivity contribution in [3.8, 4) is 23.6 Å². The number of benzene rings is 3. The minimum Gasteiger partial charge on any atom is -0.490 e. The van der Waals surface area contributed by atoms with Crippen LogP contribution in [0.1, 0.15) is 29.2 Å². The molecule has 7 heteroatoms. The van der Waals surface area contributed by atoms with Crippen LogP contribution < -0.4 is 14.8 Å². The molecule has 0 spiro atoms. The van der Waals surface area contributed by atoms with E-state index in [9.17, 15) is 15.3 Å². The van der Waals surface area contributed by atoms with Gasteiger partial charge in [-0.05, 0) is 77.3 Å². The van der Waals surface area contributed by atoms with Crippen LogP contribution in [0.3, 0.4) is 0 Å². The number of halogens is 1. The number of nitrogens with zero attached hydrogens (tertiary/aromatic N) is 2. The van der Waals surface area contributed by atoms with E-state index >= 15 is 0 Å². The first-order valence-electron chi connectivity index (χ1n) is 10.5. The molecule has 0 heterocycles. The molecule has 0 aliphatic carbocycles. The van der Waals surface area contributed by atoms with Crippen LogP contribution in [0.5, 0.6) is 11.5 Å². The van der Waals surface area contributed by atoms with Crippen molar-refractivity contribution >= 4 is 33.6 Å². The van der Waals surface area contributed by atoms with Crippen molar-refractivity contribution < 1.29 is 14.3 Å². The van der Waals surface area contributed by atoms with Gasteiger partial charge in [0.15, 0.2) is 11.5 Å². The number of anilines is 1. The van der Waals surface area contributed by atoms with Gasteiger partial charge >= 0.3 is 0 Å². The fourth-order valence-electron chi connectivity index (χ4n) is 3.22. The molecule has 3 aromatic carbocycles. The Bertz CT molecular complexity index is 1320. The van der Waals surface area contributed by atoms with Gasteiger partial charge in [-0.3, -0.25) is 4.79 Å². The molecule has 0 bridgehead atoms. The molecule has 170 valence electrons. The first-order valence-corrected chi connectivity index (χ1v) is 11.3. The second-order valence-electron chi connectivity index (χ2n) is 7.31. The Labute approximate surface area is 207 Å². The maximum atomic E-state index is 12.6. The smallest absolute Gasteiger partial charge is 0.266 e. The maximum absolute atomic E-state index is 12.6. The highest BCUT2D eigenvalue weighted by atomic mass is 79.9. The third-order valence-electron chi connectivity index (χ3n) is 4.79. The molecule has 1 N–H and O–H groups in total. The molecule has 0 fully saturated rings. The van der Waals surface area contributed by atoms with Gasteiger partial charge in [0, 0.05) is 11.3 Å². The summed E-state index contributed by atoms with van der Waals surface area (Å²) in [6.45, 7) is 4.34. The normalized spacial score (nSPS) is 10.7. The monoisotopic (exact) mass is 515 g/mol. The van der Waals surface area contributed by atoms with Gasteiger partial charge in [-0.1, -0.05) is 30.3 Å². The van der Waals surface area contributed by atoms with E-state index in [0.29, 0.717) is 39.4 Å². The molecular formula is C27H22BrN3O3. The summed E-state index contributed by atoms with van der Waals surface area (Å²) in [5.41, 5.74) is 3.45. The molecular weight excluding hydrogens is 494 g/mol. The number of carbonyl (C=O) groups excluding carboxylic acids is 1. The number of hydrogen-bond acceptors (Lipinski definition) is 5. The van der Waals surface area contributed by atoms with Crippen molar-refractivity contribution in [2.45, 2.75) is 20.5 Å². The first-order chi connectivity index (χ1) is 16.4. The molecule has 0 radical (unpaired) electrons. The van der Waals surface area contributed by atoms with Crippen molar-refractivity contribution in [1.29, 1.82) is 10.5 Å². The Kier molecular flexibility index (Phi) is 8.45. The summed E-state index contributed by atoms with van der Waals surface area (Å²) in [6.07, 6.45) is 1.49. The summed E-state index contributed by atoms with van der Waals surface area (Å²) in [5.74, 6) is 0.416. The molecule has 1 amide bonds. The Balaban J connectivity index is 1.87. The van der Waals surface area contributed by atoms with Crippen LogP contribution >= 0.6 is 15.9 Å². The second kappa shape index (κ2) is 11.7. The van der Waals surface area contributed by atoms with Gasteiger partial charge < -0.3 is 14.8 Å². The summed E-state index contributed by atoms with van der Waals surface area (Å²) in [6, 6.07) is 22.1. The highest BCUT2D eigenvalue weighted by Crippen LogP contribution is 2.38. The van der Waals surface area contributed by atoms with Crippen LogP contribution in [0.15, 0.2) is 70.7 Å². The summed E-state index contributed by atoms with van der Waals surface area (Å²) in [5, 5.41) is 21.6. The highest BCUT2D eigenvalue weighted by Gasteiger charge is 2.15. The summed E-state index contributed by atoms with van der Waals surface area (Å²) in [4.78, 5) is 12.6. The average molecular weight is 516 g/mol. The number of rotatable bonds is 8. The van der Waals surface area contributed by atoms with Crippen molar-refractivity contribution in [1.82, 2.24) is 0 Å². The zero-order valence-corrected chi connectivity index (χ0v) is 20.3. The van der Waals surface area contributed by atoms with Gasteiger partial charge in [-0.2, -0.15) is 10.5 Å². The quantitative estimate of drug-likeness (QED) is 0.286. The predicted octanol–water partition coefficient (Wildman–Crippen LogP) is 6.15. The lowest BCUT2D eigenvalue weighted by molar-refractivity contribution is -0.112. The lowest BCUT2D eigenvalue weighted by atomic mass is 10.1. The van der Waals surface area contributed by atoms with Crippen molar-refractivity contribution in [2.24, 2.45) is 0 Å². The number of nitrogens with one attached hydrogen (secondary N) is 1. The lowest BCUT2D eigenvalue weighted by Gasteiger charge is -2.15. The van der Waals surface area contributed by atoms with Crippen LogP contribution in [0.4, 0.5) is 5.69 Å². The predicted molar refractivity (Wildman–Crippen MR) is 134 cm³/mol.